The summed E-state index contributed by atoms with van der Waals surface area (Å²) >= 11 is 0. The summed E-state index contributed by atoms with van der Waals surface area (Å²) in [7, 11) is 0. The molecule has 0 bridgehead atoms. The van der Waals surface area contributed by atoms with E-state index in [0.29, 0.717) is 6.04 Å². The molecule has 122 valence electrons. The molecule has 0 aliphatic carbocycles. The molecule has 2 rings (SSSR count). The van der Waals surface area contributed by atoms with Crippen LogP contribution in [0.25, 0.3) is 0 Å². The third-order valence-electron chi connectivity index (χ3n) is 3.65. The Balaban J connectivity index is 1.81. The van der Waals surface area contributed by atoms with Crippen LogP contribution in [-0.4, -0.2) is 40.7 Å². The zero-order valence-electron chi connectivity index (χ0n) is 13.8. The number of nitrogens with one attached hydrogen (secondary N) is 1. The van der Waals surface area contributed by atoms with Gasteiger partial charge >= 0.3 is 6.09 Å². The van der Waals surface area contributed by atoms with Gasteiger partial charge < -0.3 is 15.0 Å². The fourth-order valence-corrected chi connectivity index (χ4v) is 2.65. The van der Waals surface area contributed by atoms with Crippen LogP contribution in [0.3, 0.4) is 0 Å². The maximum absolute atomic E-state index is 12.1. The number of rotatable bonds is 2. The molecule has 1 aromatic rings. The second kappa shape index (κ2) is 7.47. The molecular weight excluding hydrogens is 278 g/mol. The van der Waals surface area contributed by atoms with E-state index in [-0.39, 0.29) is 6.09 Å². The smallest absolute Gasteiger partial charge is 0.410 e. The zero-order valence-corrected chi connectivity index (χ0v) is 13.8. The molecule has 1 fully saturated rings. The van der Waals surface area contributed by atoms with Gasteiger partial charge in [0.15, 0.2) is 0 Å². The number of carbonyl (C=O) groups is 1. The topological polar surface area (TPSA) is 54.5 Å². The average Bonchev–Trinajstić information content (AvgIpc) is 2.40. The lowest BCUT2D eigenvalue weighted by Crippen LogP contribution is -2.40. The molecule has 2 heterocycles. The SMILES string of the molecule is CC(C)(C)OC(=O)N1CCCC(Nc2cccnc2)CCC1. The molecular formula is C17H27N3O2. The number of pyridine rings is 1. The van der Waals surface area contributed by atoms with Gasteiger partial charge in [0.1, 0.15) is 5.60 Å². The Morgan fingerprint density at radius 1 is 1.32 bits per heavy atom. The third kappa shape index (κ3) is 5.54. The molecule has 1 amide bonds. The van der Waals surface area contributed by atoms with E-state index < -0.39 is 5.60 Å². The molecule has 0 aromatic carbocycles. The number of hydrogen-bond donors (Lipinski definition) is 1. The number of anilines is 1. The van der Waals surface area contributed by atoms with Crippen molar-refractivity contribution in [1.82, 2.24) is 9.88 Å². The Kier molecular flexibility index (Phi) is 5.63. The maximum Gasteiger partial charge on any atom is 0.410 e. The third-order valence-corrected chi connectivity index (χ3v) is 3.65. The van der Waals surface area contributed by atoms with E-state index in [1.807, 2.05) is 44.0 Å². The molecule has 0 radical (unpaired) electrons. The molecule has 1 N–H and O–H groups in total. The number of amides is 1. The maximum atomic E-state index is 12.1. The highest BCUT2D eigenvalue weighted by molar-refractivity contribution is 5.68. The van der Waals surface area contributed by atoms with Crippen LogP contribution in [0.15, 0.2) is 24.5 Å². The highest BCUT2D eigenvalue weighted by atomic mass is 16.6. The van der Waals surface area contributed by atoms with E-state index in [0.717, 1.165) is 44.5 Å². The first-order valence-corrected chi connectivity index (χ1v) is 8.08. The summed E-state index contributed by atoms with van der Waals surface area (Å²) in [6.07, 6.45) is 7.51. The van der Waals surface area contributed by atoms with Gasteiger partial charge in [-0.1, -0.05) is 0 Å². The van der Waals surface area contributed by atoms with E-state index in [1.54, 1.807) is 6.20 Å². The highest BCUT2D eigenvalue weighted by Gasteiger charge is 2.23. The summed E-state index contributed by atoms with van der Waals surface area (Å²) in [6, 6.07) is 4.43. The predicted octanol–water partition coefficient (Wildman–Crippen LogP) is 3.67. The van der Waals surface area contributed by atoms with Crippen molar-refractivity contribution in [1.29, 1.82) is 0 Å². The molecule has 1 saturated heterocycles. The number of likely N-dealkylation sites (tertiary alicyclic amines) is 1. The summed E-state index contributed by atoms with van der Waals surface area (Å²) in [4.78, 5) is 18.1. The predicted molar refractivity (Wildman–Crippen MR) is 87.9 cm³/mol. The van der Waals surface area contributed by atoms with E-state index in [1.165, 1.54) is 0 Å². The number of nitrogens with zero attached hydrogens (tertiary/aromatic N) is 2. The minimum atomic E-state index is -0.427. The first kappa shape index (κ1) is 16.6. The van der Waals surface area contributed by atoms with Crippen LogP contribution in [0.4, 0.5) is 10.5 Å². The van der Waals surface area contributed by atoms with Gasteiger partial charge in [-0.2, -0.15) is 0 Å². The fraction of sp³-hybridized carbons (Fsp3) is 0.647. The Labute approximate surface area is 133 Å². The Morgan fingerprint density at radius 3 is 2.55 bits per heavy atom. The monoisotopic (exact) mass is 305 g/mol. The normalized spacial score (nSPS) is 17.5. The van der Waals surface area contributed by atoms with Gasteiger partial charge in [0.05, 0.1) is 5.69 Å². The molecule has 5 heteroatoms. The molecule has 1 aliphatic heterocycles. The van der Waals surface area contributed by atoms with Gasteiger partial charge in [0.2, 0.25) is 0 Å². The molecule has 5 nitrogen and oxygen atoms in total. The van der Waals surface area contributed by atoms with Crippen LogP contribution in [0.5, 0.6) is 0 Å². The lowest BCUT2D eigenvalue weighted by Gasteiger charge is -2.30. The minimum Gasteiger partial charge on any atom is -0.444 e. The number of hydrogen-bond acceptors (Lipinski definition) is 4. The first-order valence-electron chi connectivity index (χ1n) is 8.08. The molecule has 0 spiro atoms. The van der Waals surface area contributed by atoms with Crippen LogP contribution >= 0.6 is 0 Å². The second-order valence-electron chi connectivity index (χ2n) is 6.83. The van der Waals surface area contributed by atoms with Gasteiger partial charge in [-0.25, -0.2) is 4.79 Å². The number of aromatic nitrogens is 1. The summed E-state index contributed by atoms with van der Waals surface area (Å²) in [5.74, 6) is 0. The molecule has 0 atom stereocenters. The summed E-state index contributed by atoms with van der Waals surface area (Å²) < 4.78 is 5.46. The Hall–Kier alpha value is -1.78. The van der Waals surface area contributed by atoms with Gasteiger partial charge in [-0.3, -0.25) is 4.98 Å². The van der Waals surface area contributed by atoms with Gasteiger partial charge in [-0.05, 0) is 58.6 Å². The number of ether oxygens (including phenoxy) is 1. The van der Waals surface area contributed by atoms with Crippen molar-refractivity contribution in [3.05, 3.63) is 24.5 Å². The summed E-state index contributed by atoms with van der Waals surface area (Å²) in [6.45, 7) is 7.24. The zero-order chi connectivity index (χ0) is 16.0. The van der Waals surface area contributed by atoms with Gasteiger partial charge in [0, 0.05) is 31.5 Å². The van der Waals surface area contributed by atoms with E-state index in [4.69, 9.17) is 4.74 Å². The minimum absolute atomic E-state index is 0.189. The van der Waals surface area contributed by atoms with Gasteiger partial charge in [0.25, 0.3) is 0 Å². The molecule has 1 aliphatic rings. The summed E-state index contributed by atoms with van der Waals surface area (Å²) in [5, 5.41) is 3.53. The molecule has 0 saturated carbocycles. The van der Waals surface area contributed by atoms with Crippen molar-refractivity contribution in [3.63, 3.8) is 0 Å². The van der Waals surface area contributed by atoms with Crippen LogP contribution in [-0.2, 0) is 4.74 Å². The summed E-state index contributed by atoms with van der Waals surface area (Å²) in [5.41, 5.74) is 0.640. The molecule has 1 aromatic heterocycles. The average molecular weight is 305 g/mol. The lowest BCUT2D eigenvalue weighted by atomic mass is 10.0. The van der Waals surface area contributed by atoms with Gasteiger partial charge in [-0.15, -0.1) is 0 Å². The second-order valence-corrected chi connectivity index (χ2v) is 6.83. The van der Waals surface area contributed by atoms with Crippen molar-refractivity contribution < 1.29 is 9.53 Å². The standard InChI is InChI=1S/C17H27N3O2/c1-17(2,3)22-16(21)20-11-5-8-14(9-6-12-20)19-15-7-4-10-18-13-15/h4,7,10,13-14,19H,5-6,8-9,11-12H2,1-3H3. The van der Waals surface area contributed by atoms with Crippen LogP contribution < -0.4 is 5.32 Å². The molecule has 0 unspecified atom stereocenters. The number of carbonyl (C=O) groups excluding carboxylic acids is 1. The Morgan fingerprint density at radius 2 is 2.00 bits per heavy atom. The van der Waals surface area contributed by atoms with Crippen LogP contribution in [0.2, 0.25) is 0 Å². The van der Waals surface area contributed by atoms with Crippen LogP contribution in [0, 0.1) is 0 Å². The van der Waals surface area contributed by atoms with E-state index >= 15 is 0 Å². The van der Waals surface area contributed by atoms with Crippen LogP contribution in [0.1, 0.15) is 46.5 Å². The lowest BCUT2D eigenvalue weighted by molar-refractivity contribution is 0.0234. The van der Waals surface area contributed by atoms with Crippen molar-refractivity contribution in [2.45, 2.75) is 58.1 Å². The largest absolute Gasteiger partial charge is 0.444 e. The molecule has 22 heavy (non-hydrogen) atoms. The highest BCUT2D eigenvalue weighted by Crippen LogP contribution is 2.18. The van der Waals surface area contributed by atoms with Crippen molar-refractivity contribution in [2.24, 2.45) is 0 Å². The Bertz CT molecular complexity index is 461. The van der Waals surface area contributed by atoms with E-state index in [9.17, 15) is 4.79 Å². The fourth-order valence-electron chi connectivity index (χ4n) is 2.65. The van der Waals surface area contributed by atoms with Crippen molar-refractivity contribution in [3.8, 4) is 0 Å². The van der Waals surface area contributed by atoms with Crippen molar-refractivity contribution >= 4 is 11.8 Å². The quantitative estimate of drug-likeness (QED) is 0.905. The van der Waals surface area contributed by atoms with Crippen molar-refractivity contribution in [2.75, 3.05) is 18.4 Å². The first-order chi connectivity index (χ1) is 10.4. The van der Waals surface area contributed by atoms with E-state index in [2.05, 4.69) is 10.3 Å².